The van der Waals surface area contributed by atoms with Gasteiger partial charge in [0, 0.05) is 89.0 Å². The Labute approximate surface area is 486 Å². The molecule has 18 nitrogen and oxygen atoms in total. The first-order valence-electron chi connectivity index (χ1n) is 30.1. The summed E-state index contributed by atoms with van der Waals surface area (Å²) in [5, 5.41) is 42.6. The number of hydrogen-bond donors (Lipinski definition) is 5. The van der Waals surface area contributed by atoms with Crippen molar-refractivity contribution in [2.75, 3.05) is 64.3 Å². The van der Waals surface area contributed by atoms with Gasteiger partial charge in [-0.2, -0.15) is 10.2 Å². The molecule has 1 aliphatic carbocycles. The summed E-state index contributed by atoms with van der Waals surface area (Å²) in [6.07, 6.45) is 20.4. The molecule has 6 N–H and O–H groups in total. The summed E-state index contributed by atoms with van der Waals surface area (Å²) in [5.74, 6) is 8.32. The number of aromatic hydroxyl groups is 1. The third-order valence-electron chi connectivity index (χ3n) is 16.4. The molecule has 0 bridgehead atoms. The number of para-hydroxylation sites is 1. The Morgan fingerprint density at radius 3 is 2.22 bits per heavy atom. The van der Waals surface area contributed by atoms with Crippen LogP contribution >= 0.6 is 0 Å². The van der Waals surface area contributed by atoms with Crippen molar-refractivity contribution >= 4 is 29.6 Å². The van der Waals surface area contributed by atoms with E-state index < -0.39 is 0 Å². The summed E-state index contributed by atoms with van der Waals surface area (Å²) in [5.41, 5.74) is 10.7. The molecule has 5 aliphatic rings. The molecule has 4 aliphatic heterocycles. The highest BCUT2D eigenvalue weighted by Crippen LogP contribution is 2.36. The molecule has 3 aromatic heterocycles. The van der Waals surface area contributed by atoms with Crippen LogP contribution in [-0.4, -0.2) is 152 Å². The van der Waals surface area contributed by atoms with Crippen LogP contribution in [0.2, 0.25) is 0 Å². The number of phenols is 1. The lowest BCUT2D eigenvalue weighted by atomic mass is 9.77. The Balaban J connectivity index is 0.000000389. The van der Waals surface area contributed by atoms with Gasteiger partial charge < -0.3 is 55.2 Å². The number of amides is 1. The lowest BCUT2D eigenvalue weighted by Crippen LogP contribution is -2.51. The molecule has 7 heterocycles. The van der Waals surface area contributed by atoms with Gasteiger partial charge in [0.05, 0.1) is 53.4 Å². The lowest BCUT2D eigenvalue weighted by molar-refractivity contribution is -0.134. The maximum Gasteiger partial charge on any atom is 0.230 e. The summed E-state index contributed by atoms with van der Waals surface area (Å²) >= 11 is 0. The van der Waals surface area contributed by atoms with Crippen LogP contribution in [0.15, 0.2) is 95.4 Å². The van der Waals surface area contributed by atoms with E-state index in [4.69, 9.17) is 25.8 Å². The van der Waals surface area contributed by atoms with Crippen LogP contribution in [-0.2, 0) is 34.3 Å². The number of rotatable bonds is 17. The number of nitrogens with one attached hydrogen (secondary N) is 3. The minimum atomic E-state index is -0.311. The van der Waals surface area contributed by atoms with Gasteiger partial charge in [-0.3, -0.25) is 19.6 Å². The zero-order chi connectivity index (χ0) is 58.5. The second-order valence-corrected chi connectivity index (χ2v) is 22.3. The number of ether oxygens (including phenoxy) is 1. The molecule has 10 rings (SSSR count). The van der Waals surface area contributed by atoms with E-state index in [0.29, 0.717) is 42.0 Å². The van der Waals surface area contributed by atoms with E-state index in [1.807, 2.05) is 61.8 Å². The Bertz CT molecular complexity index is 2890. The molecular weight excluding hydrogens is 1030 g/mol. The van der Waals surface area contributed by atoms with Gasteiger partial charge in [-0.25, -0.2) is 0 Å². The van der Waals surface area contributed by atoms with Gasteiger partial charge >= 0.3 is 0 Å². The number of aldehydes is 1. The summed E-state index contributed by atoms with van der Waals surface area (Å²) in [6.45, 7) is 19.3. The van der Waals surface area contributed by atoms with Gasteiger partial charge in [-0.05, 0) is 139 Å². The molecule has 18 heteroatoms. The molecule has 2 aromatic carbocycles. The van der Waals surface area contributed by atoms with E-state index in [9.17, 15) is 14.7 Å². The summed E-state index contributed by atoms with van der Waals surface area (Å²) < 4.78 is 16.0. The first-order valence-corrected chi connectivity index (χ1v) is 30.1. The van der Waals surface area contributed by atoms with Crippen LogP contribution < -0.4 is 16.0 Å². The Kier molecular flexibility index (Phi) is 24.1. The number of carbonyl (C=O) groups excluding carboxylic acids is 2. The van der Waals surface area contributed by atoms with E-state index >= 15 is 0 Å². The first-order chi connectivity index (χ1) is 39.8. The maximum absolute atomic E-state index is 12.7. The van der Waals surface area contributed by atoms with Crippen molar-refractivity contribution in [3.63, 3.8) is 0 Å². The van der Waals surface area contributed by atoms with Crippen molar-refractivity contribution in [1.29, 1.82) is 10.8 Å². The molecular formula is C64H91N13O5. The monoisotopic (exact) mass is 1120 g/mol. The molecule has 0 spiro atoms. The molecule has 4 saturated heterocycles. The van der Waals surface area contributed by atoms with Crippen LogP contribution in [0.25, 0.3) is 11.3 Å². The van der Waals surface area contributed by atoms with Gasteiger partial charge in [0.1, 0.15) is 23.6 Å². The van der Waals surface area contributed by atoms with Crippen molar-refractivity contribution in [1.82, 2.24) is 44.7 Å². The van der Waals surface area contributed by atoms with E-state index in [2.05, 4.69) is 92.2 Å². The largest absolute Gasteiger partial charge is 0.507 e. The van der Waals surface area contributed by atoms with Crippen LogP contribution in [0.5, 0.6) is 5.75 Å². The van der Waals surface area contributed by atoms with Crippen LogP contribution in [0.1, 0.15) is 134 Å². The van der Waals surface area contributed by atoms with Crippen molar-refractivity contribution in [3.05, 3.63) is 113 Å². The molecule has 5 fully saturated rings. The highest BCUT2D eigenvalue weighted by Gasteiger charge is 2.37. The number of aryl methyl sites for hydroxylation is 1. The van der Waals surface area contributed by atoms with Crippen molar-refractivity contribution in [2.24, 2.45) is 24.6 Å². The number of benzene rings is 2. The fourth-order valence-electron chi connectivity index (χ4n) is 11.6. The molecule has 1 amide bonds. The zero-order valence-electron chi connectivity index (χ0n) is 49.7. The summed E-state index contributed by atoms with van der Waals surface area (Å²) in [6, 6.07) is 19.9. The number of hydrogen-bond acceptors (Lipinski definition) is 14. The van der Waals surface area contributed by atoms with Gasteiger partial charge in [0.15, 0.2) is 5.82 Å². The van der Waals surface area contributed by atoms with E-state index in [0.717, 1.165) is 126 Å². The Morgan fingerprint density at radius 1 is 0.902 bits per heavy atom. The number of piperidine rings is 3. The molecule has 442 valence electrons. The number of anilines is 1. The zero-order valence-corrected chi connectivity index (χ0v) is 49.7. The lowest BCUT2D eigenvalue weighted by Gasteiger charge is -2.47. The third kappa shape index (κ3) is 17.6. The van der Waals surface area contributed by atoms with Crippen LogP contribution in [0.4, 0.5) is 5.82 Å². The number of nitrogens with zero attached hydrogens (tertiary/aromatic N) is 9. The number of likely N-dealkylation sites (tertiary alicyclic amines) is 3. The first kappa shape index (κ1) is 62.7. The quantitative estimate of drug-likeness (QED) is 0.0254. The normalized spacial score (nSPS) is 20.4. The smallest absolute Gasteiger partial charge is 0.230 e. The van der Waals surface area contributed by atoms with Gasteiger partial charge in [0.2, 0.25) is 5.91 Å². The van der Waals surface area contributed by atoms with Gasteiger partial charge in [0.25, 0.3) is 0 Å². The third-order valence-corrected chi connectivity index (χ3v) is 16.4. The minimum Gasteiger partial charge on any atom is -0.507 e. The predicted molar refractivity (Wildman–Crippen MR) is 325 cm³/mol. The Morgan fingerprint density at radius 2 is 1.59 bits per heavy atom. The van der Waals surface area contributed by atoms with Gasteiger partial charge in [-0.1, -0.05) is 87.5 Å². The average molecular weight is 1120 g/mol. The number of phenolic OH excluding ortho intramolecular Hbond substituents is 1. The topological polar surface area (TPSA) is 224 Å². The SMILES string of the molecule is CC.CCC.CNC(C)c1ccc(-c2ccnn2C)cc1.N=C(N)/C(C#Cc1cnn(CC2CCN(C3CC(CN4CCC(OC5CCN(c6cc(CC(=O)N7CCCC7C=O)on6)CC5)CC4)C3)CC2)c1)=C\C(=N)c1ccccc1O. The second-order valence-electron chi connectivity index (χ2n) is 22.3. The molecule has 82 heavy (non-hydrogen) atoms. The van der Waals surface area contributed by atoms with Crippen LogP contribution in [0, 0.1) is 34.5 Å². The molecule has 2 unspecified atom stereocenters. The highest BCUT2D eigenvalue weighted by molar-refractivity contribution is 6.14. The number of aromatic nitrogens is 5. The number of nitrogens with two attached hydrogens (primary N) is 1. The molecule has 1 saturated carbocycles. The van der Waals surface area contributed by atoms with E-state index in [1.54, 1.807) is 29.3 Å². The number of allylic oxidation sites excluding steroid dienone is 1. The summed E-state index contributed by atoms with van der Waals surface area (Å²) in [7, 11) is 3.93. The maximum atomic E-state index is 12.7. The van der Waals surface area contributed by atoms with Crippen molar-refractivity contribution in [3.8, 4) is 28.8 Å². The standard InChI is InChI=1S/C46H60N10O5.C13H17N3.C3H8.C2H6/c47-42(41-5-1-2-6-43(41)58)24-35(46(48)49)8-7-33-27-50-55(30-33)29-32-9-18-53(19-10-32)37-22-34(23-37)28-52-16-11-38(12-17-52)60-39-13-20-54(21-14-39)44-25-40(61-51-44)26-45(59)56-15-3-4-36(56)31-57;1-10(14-2)11-4-6-12(7-5-11)13-8-9-15-16(13)3;1-3-2;1-2/h1-2,5-6,24-25,27,30-32,34,36-39,47,58H,3-4,9-23,26,28-29H2,(H3,48,49);4-10,14H,1-3H3;3H2,1-2H3;1-2H3/b35-24-,47-42?;;;. The molecule has 2 atom stereocenters. The van der Waals surface area contributed by atoms with Crippen molar-refractivity contribution < 1.29 is 24.0 Å². The number of amidine groups is 1. The molecule has 0 radical (unpaired) electrons. The fourth-order valence-corrected chi connectivity index (χ4v) is 11.6. The van der Waals surface area contributed by atoms with Crippen molar-refractivity contribution in [2.45, 2.75) is 149 Å². The van der Waals surface area contributed by atoms with E-state index in [-0.39, 0.29) is 47.3 Å². The molecule has 5 aromatic rings. The van der Waals surface area contributed by atoms with Gasteiger partial charge in [-0.15, -0.1) is 0 Å². The second kappa shape index (κ2) is 31.5. The number of carbonyl (C=O) groups is 2. The van der Waals surface area contributed by atoms with Crippen LogP contribution in [0.3, 0.4) is 0 Å². The Hall–Kier alpha value is -6.91. The average Bonchev–Trinajstić information content (AvgIpc) is 4.41. The predicted octanol–water partition coefficient (Wildman–Crippen LogP) is 9.04. The van der Waals surface area contributed by atoms with E-state index in [1.165, 1.54) is 49.1 Å². The highest BCUT2D eigenvalue weighted by atomic mass is 16.5. The minimum absolute atomic E-state index is 0.00781. The fraction of sp³-hybridized carbons (Fsp3) is 0.547. The summed E-state index contributed by atoms with van der Waals surface area (Å²) in [4.78, 5) is 33.3.